The molecule has 0 saturated carbocycles. The van der Waals surface area contributed by atoms with Crippen LogP contribution in [0.2, 0.25) is 0 Å². The Morgan fingerprint density at radius 2 is 1.64 bits per heavy atom. The Morgan fingerprint density at radius 1 is 1.05 bits per heavy atom. The Morgan fingerprint density at radius 3 is 2.18 bits per heavy atom. The van der Waals surface area contributed by atoms with Gasteiger partial charge in [-0.15, -0.1) is 0 Å². The molecule has 1 aliphatic heterocycles. The number of piperazine rings is 1. The lowest BCUT2D eigenvalue weighted by Gasteiger charge is -2.35. The molecule has 0 aliphatic carbocycles. The van der Waals surface area contributed by atoms with Gasteiger partial charge in [0.15, 0.2) is 0 Å². The first-order valence-corrected chi connectivity index (χ1v) is 8.02. The molecule has 1 aromatic carbocycles. The average Bonchev–Trinajstić information content (AvgIpc) is 2.46. The smallest absolute Gasteiger partial charge is 0.254 e. The van der Waals surface area contributed by atoms with Crippen LogP contribution in [0.1, 0.15) is 41.8 Å². The minimum absolute atomic E-state index is 0.0773. The third-order valence-corrected chi connectivity index (χ3v) is 4.11. The van der Waals surface area contributed by atoms with Gasteiger partial charge in [0, 0.05) is 38.2 Å². The largest absolute Gasteiger partial charge is 0.339 e. The molecule has 0 radical (unpaired) electrons. The van der Waals surface area contributed by atoms with Crippen LogP contribution in [-0.2, 0) is 4.79 Å². The molecule has 0 aromatic heterocycles. The molecular weight excluding hydrogens is 276 g/mol. The fraction of sp³-hybridized carbons (Fsp3) is 0.556. The maximum absolute atomic E-state index is 12.6. The summed E-state index contributed by atoms with van der Waals surface area (Å²) in [5.41, 5.74) is 2.95. The molecule has 2 amide bonds. The highest BCUT2D eigenvalue weighted by Gasteiger charge is 2.25. The minimum atomic E-state index is 0.0773. The molecule has 1 aliphatic rings. The van der Waals surface area contributed by atoms with Crippen LogP contribution in [0.4, 0.5) is 0 Å². The van der Waals surface area contributed by atoms with Crippen LogP contribution < -0.4 is 0 Å². The molecule has 120 valence electrons. The second-order valence-electron chi connectivity index (χ2n) is 6.59. The van der Waals surface area contributed by atoms with Crippen LogP contribution in [0, 0.1) is 19.8 Å². The van der Waals surface area contributed by atoms with Crippen molar-refractivity contribution in [3.63, 3.8) is 0 Å². The second kappa shape index (κ2) is 6.95. The summed E-state index contributed by atoms with van der Waals surface area (Å²) in [4.78, 5) is 28.4. The second-order valence-corrected chi connectivity index (χ2v) is 6.59. The van der Waals surface area contributed by atoms with Gasteiger partial charge in [0.2, 0.25) is 5.91 Å². The van der Waals surface area contributed by atoms with E-state index in [1.165, 1.54) is 0 Å². The molecule has 1 fully saturated rings. The first-order chi connectivity index (χ1) is 10.4. The van der Waals surface area contributed by atoms with Crippen molar-refractivity contribution in [2.75, 3.05) is 26.2 Å². The van der Waals surface area contributed by atoms with Crippen molar-refractivity contribution in [3.05, 3.63) is 34.9 Å². The van der Waals surface area contributed by atoms with Gasteiger partial charge in [-0.3, -0.25) is 9.59 Å². The van der Waals surface area contributed by atoms with Gasteiger partial charge in [-0.25, -0.2) is 0 Å². The lowest BCUT2D eigenvalue weighted by Crippen LogP contribution is -2.50. The molecule has 0 atom stereocenters. The molecule has 1 aromatic rings. The molecule has 2 rings (SSSR count). The van der Waals surface area contributed by atoms with E-state index in [9.17, 15) is 9.59 Å². The highest BCUT2D eigenvalue weighted by molar-refractivity contribution is 5.95. The zero-order valence-corrected chi connectivity index (χ0v) is 14.1. The van der Waals surface area contributed by atoms with Crippen molar-refractivity contribution < 1.29 is 9.59 Å². The Hall–Kier alpha value is -1.84. The Kier molecular flexibility index (Phi) is 5.22. The zero-order valence-electron chi connectivity index (χ0n) is 14.1. The van der Waals surface area contributed by atoms with E-state index in [1.54, 1.807) is 0 Å². The van der Waals surface area contributed by atoms with Crippen LogP contribution in [0.15, 0.2) is 18.2 Å². The molecule has 4 nitrogen and oxygen atoms in total. The van der Waals surface area contributed by atoms with Gasteiger partial charge in [0.25, 0.3) is 5.91 Å². The summed E-state index contributed by atoms with van der Waals surface area (Å²) in [6, 6.07) is 5.92. The maximum Gasteiger partial charge on any atom is 0.254 e. The molecule has 22 heavy (non-hydrogen) atoms. The van der Waals surface area contributed by atoms with E-state index in [1.807, 2.05) is 41.8 Å². The fourth-order valence-electron chi connectivity index (χ4n) is 2.86. The van der Waals surface area contributed by atoms with E-state index in [2.05, 4.69) is 13.8 Å². The zero-order chi connectivity index (χ0) is 16.3. The van der Waals surface area contributed by atoms with Gasteiger partial charge >= 0.3 is 0 Å². The van der Waals surface area contributed by atoms with Gasteiger partial charge in [-0.05, 0) is 31.4 Å². The third kappa shape index (κ3) is 3.87. The van der Waals surface area contributed by atoms with Crippen LogP contribution >= 0.6 is 0 Å². The van der Waals surface area contributed by atoms with E-state index in [0.717, 1.165) is 16.7 Å². The van der Waals surface area contributed by atoms with Crippen LogP contribution in [-0.4, -0.2) is 47.8 Å². The highest BCUT2D eigenvalue weighted by atomic mass is 16.2. The number of benzene rings is 1. The van der Waals surface area contributed by atoms with E-state index < -0.39 is 0 Å². The van der Waals surface area contributed by atoms with Gasteiger partial charge in [-0.2, -0.15) is 0 Å². The lowest BCUT2D eigenvalue weighted by molar-refractivity contribution is -0.133. The number of carbonyl (C=O) groups excluding carboxylic acids is 2. The minimum Gasteiger partial charge on any atom is -0.339 e. The van der Waals surface area contributed by atoms with Gasteiger partial charge < -0.3 is 9.80 Å². The van der Waals surface area contributed by atoms with Crippen molar-refractivity contribution in [1.29, 1.82) is 0 Å². The van der Waals surface area contributed by atoms with Crippen molar-refractivity contribution in [1.82, 2.24) is 9.80 Å². The van der Waals surface area contributed by atoms with Crippen LogP contribution in [0.5, 0.6) is 0 Å². The van der Waals surface area contributed by atoms with Gasteiger partial charge in [-0.1, -0.05) is 31.5 Å². The predicted octanol–water partition coefficient (Wildman–Crippen LogP) is 2.63. The number of rotatable bonds is 3. The number of aryl methyl sites for hydroxylation is 2. The molecule has 0 N–H and O–H groups in total. The monoisotopic (exact) mass is 302 g/mol. The Bertz CT molecular complexity index is 558. The fourth-order valence-corrected chi connectivity index (χ4v) is 2.86. The predicted molar refractivity (Wildman–Crippen MR) is 87.9 cm³/mol. The topological polar surface area (TPSA) is 40.6 Å². The number of hydrogen-bond acceptors (Lipinski definition) is 2. The van der Waals surface area contributed by atoms with E-state index in [-0.39, 0.29) is 11.8 Å². The summed E-state index contributed by atoms with van der Waals surface area (Å²) < 4.78 is 0. The van der Waals surface area contributed by atoms with Gasteiger partial charge in [0.1, 0.15) is 0 Å². The number of amides is 2. The quantitative estimate of drug-likeness (QED) is 0.861. The molecule has 1 saturated heterocycles. The number of carbonyl (C=O) groups is 2. The molecule has 4 heteroatoms. The molecule has 1 heterocycles. The highest BCUT2D eigenvalue weighted by Crippen LogP contribution is 2.15. The normalized spacial score (nSPS) is 15.3. The lowest BCUT2D eigenvalue weighted by atomic mass is 10.0. The number of nitrogens with zero attached hydrogens (tertiary/aromatic N) is 2. The molecule has 0 spiro atoms. The van der Waals surface area contributed by atoms with E-state index in [0.29, 0.717) is 38.5 Å². The Labute approximate surface area is 133 Å². The summed E-state index contributed by atoms with van der Waals surface area (Å²) >= 11 is 0. The van der Waals surface area contributed by atoms with E-state index >= 15 is 0 Å². The summed E-state index contributed by atoms with van der Waals surface area (Å²) in [5.74, 6) is 0.657. The first kappa shape index (κ1) is 16.5. The summed E-state index contributed by atoms with van der Waals surface area (Å²) in [5, 5.41) is 0. The van der Waals surface area contributed by atoms with Crippen LogP contribution in [0.25, 0.3) is 0 Å². The van der Waals surface area contributed by atoms with Crippen molar-refractivity contribution in [3.8, 4) is 0 Å². The third-order valence-electron chi connectivity index (χ3n) is 4.11. The standard InChI is InChI=1S/C18H26N2O2/c1-13(2)11-17(21)19-7-9-20(10-8-19)18(22)16-6-5-14(3)12-15(16)4/h5-6,12-13H,7-11H2,1-4H3. The number of hydrogen-bond donors (Lipinski definition) is 0. The molecular formula is C18H26N2O2. The summed E-state index contributed by atoms with van der Waals surface area (Å²) in [6.45, 7) is 10.6. The first-order valence-electron chi connectivity index (χ1n) is 8.02. The molecule has 0 unspecified atom stereocenters. The maximum atomic E-state index is 12.6. The van der Waals surface area contributed by atoms with Crippen molar-refractivity contribution >= 4 is 11.8 Å². The summed E-state index contributed by atoms with van der Waals surface area (Å²) in [6.07, 6.45) is 0.588. The summed E-state index contributed by atoms with van der Waals surface area (Å²) in [7, 11) is 0. The van der Waals surface area contributed by atoms with Crippen molar-refractivity contribution in [2.45, 2.75) is 34.1 Å². The van der Waals surface area contributed by atoms with Gasteiger partial charge in [0.05, 0.1) is 0 Å². The molecule has 0 bridgehead atoms. The van der Waals surface area contributed by atoms with Crippen molar-refractivity contribution in [2.24, 2.45) is 5.92 Å². The van der Waals surface area contributed by atoms with Crippen LogP contribution in [0.3, 0.4) is 0 Å². The van der Waals surface area contributed by atoms with E-state index in [4.69, 9.17) is 0 Å². The average molecular weight is 302 g/mol. The SMILES string of the molecule is Cc1ccc(C(=O)N2CCN(C(=O)CC(C)C)CC2)c(C)c1. The Balaban J connectivity index is 1.96.